The van der Waals surface area contributed by atoms with Gasteiger partial charge in [-0.15, -0.1) is 11.3 Å². The number of aryl methyl sites for hydroxylation is 1. The summed E-state index contributed by atoms with van der Waals surface area (Å²) in [4.78, 5) is 11.1. The summed E-state index contributed by atoms with van der Waals surface area (Å²) in [7, 11) is 0. The Balaban J connectivity index is 2.67. The number of rotatable bonds is 2. The van der Waals surface area contributed by atoms with Gasteiger partial charge in [0.2, 0.25) is 0 Å². The fourth-order valence-electron chi connectivity index (χ4n) is 0.732. The quantitative estimate of drug-likeness (QED) is 0.707. The van der Waals surface area contributed by atoms with E-state index in [0.717, 1.165) is 10.4 Å². The molecule has 3 heteroatoms. The number of carboxylic acid groups (broad SMARTS) is 1. The molecule has 2 nitrogen and oxygen atoms in total. The zero-order valence-corrected chi connectivity index (χ0v) is 6.44. The van der Waals surface area contributed by atoms with E-state index in [1.807, 2.05) is 18.4 Å². The second kappa shape index (κ2) is 2.84. The Kier molecular flexibility index (Phi) is 2.06. The van der Waals surface area contributed by atoms with Crippen LogP contribution in [0.15, 0.2) is 11.4 Å². The van der Waals surface area contributed by atoms with E-state index in [4.69, 9.17) is 5.11 Å². The molecule has 0 saturated heterocycles. The first-order valence-corrected chi connectivity index (χ1v) is 3.82. The van der Waals surface area contributed by atoms with Gasteiger partial charge < -0.3 is 5.11 Å². The van der Waals surface area contributed by atoms with Crippen LogP contribution in [0, 0.1) is 6.92 Å². The Morgan fingerprint density at radius 1 is 1.80 bits per heavy atom. The molecule has 0 aliphatic carbocycles. The highest BCUT2D eigenvalue weighted by Crippen LogP contribution is 2.13. The minimum absolute atomic E-state index is 0.151. The number of carboxylic acids is 1. The molecule has 0 atom stereocenters. The van der Waals surface area contributed by atoms with Gasteiger partial charge in [0.25, 0.3) is 0 Å². The lowest BCUT2D eigenvalue weighted by Crippen LogP contribution is -1.96. The maximum atomic E-state index is 10.2. The standard InChI is InChI=1S/C7H8O2S/c1-5-2-6(10-4-5)3-7(8)9/h2,4H,3H2,1H3,(H,8,9). The number of hydrogen-bond donors (Lipinski definition) is 1. The first-order valence-electron chi connectivity index (χ1n) is 2.94. The lowest BCUT2D eigenvalue weighted by atomic mass is 10.3. The fraction of sp³-hybridized carbons (Fsp3) is 0.286. The number of hydrogen-bond acceptors (Lipinski definition) is 2. The first kappa shape index (κ1) is 7.28. The minimum Gasteiger partial charge on any atom is -0.481 e. The predicted molar refractivity (Wildman–Crippen MR) is 40.4 cm³/mol. The van der Waals surface area contributed by atoms with E-state index >= 15 is 0 Å². The summed E-state index contributed by atoms with van der Waals surface area (Å²) in [5.41, 5.74) is 1.14. The molecule has 0 fully saturated rings. The molecule has 0 saturated carbocycles. The predicted octanol–water partition coefficient (Wildman–Crippen LogP) is 1.68. The van der Waals surface area contributed by atoms with Crippen molar-refractivity contribution in [1.82, 2.24) is 0 Å². The molecule has 1 aromatic rings. The van der Waals surface area contributed by atoms with Gasteiger partial charge in [-0.2, -0.15) is 0 Å². The van der Waals surface area contributed by atoms with Crippen LogP contribution in [0.1, 0.15) is 10.4 Å². The molecule has 0 aliphatic heterocycles. The highest BCUT2D eigenvalue weighted by Gasteiger charge is 2.01. The molecule has 0 bridgehead atoms. The molecule has 10 heavy (non-hydrogen) atoms. The van der Waals surface area contributed by atoms with Crippen molar-refractivity contribution in [3.8, 4) is 0 Å². The van der Waals surface area contributed by atoms with E-state index in [9.17, 15) is 4.79 Å². The van der Waals surface area contributed by atoms with Crippen molar-refractivity contribution in [2.45, 2.75) is 13.3 Å². The Morgan fingerprint density at radius 3 is 2.90 bits per heavy atom. The summed E-state index contributed by atoms with van der Waals surface area (Å²) >= 11 is 1.50. The van der Waals surface area contributed by atoms with Gasteiger partial charge in [-0.05, 0) is 23.9 Å². The van der Waals surface area contributed by atoms with Gasteiger partial charge >= 0.3 is 5.97 Å². The maximum absolute atomic E-state index is 10.2. The molecule has 1 rings (SSSR count). The SMILES string of the molecule is Cc1csc(CC(=O)O)c1. The summed E-state index contributed by atoms with van der Waals surface area (Å²) in [6, 6.07) is 1.90. The van der Waals surface area contributed by atoms with Crippen molar-refractivity contribution in [2.24, 2.45) is 0 Å². The van der Waals surface area contributed by atoms with Gasteiger partial charge in [0.05, 0.1) is 6.42 Å². The van der Waals surface area contributed by atoms with Crippen molar-refractivity contribution < 1.29 is 9.90 Å². The molecule has 0 amide bonds. The van der Waals surface area contributed by atoms with E-state index in [0.29, 0.717) is 0 Å². The smallest absolute Gasteiger partial charge is 0.308 e. The summed E-state index contributed by atoms with van der Waals surface area (Å²) < 4.78 is 0. The monoisotopic (exact) mass is 156 g/mol. The van der Waals surface area contributed by atoms with Crippen molar-refractivity contribution >= 4 is 17.3 Å². The Bertz CT molecular complexity index is 240. The molecular weight excluding hydrogens is 148 g/mol. The molecular formula is C7H8O2S. The van der Waals surface area contributed by atoms with E-state index in [1.165, 1.54) is 11.3 Å². The van der Waals surface area contributed by atoms with Gasteiger partial charge in [0.1, 0.15) is 0 Å². The van der Waals surface area contributed by atoms with Crippen LogP contribution >= 0.6 is 11.3 Å². The van der Waals surface area contributed by atoms with Crippen molar-refractivity contribution in [2.75, 3.05) is 0 Å². The van der Waals surface area contributed by atoms with E-state index < -0.39 is 5.97 Å². The third-order valence-electron chi connectivity index (χ3n) is 1.11. The lowest BCUT2D eigenvalue weighted by molar-refractivity contribution is -0.136. The molecule has 0 radical (unpaired) electrons. The summed E-state index contributed by atoms with van der Waals surface area (Å²) in [5.74, 6) is -0.762. The van der Waals surface area contributed by atoms with Gasteiger partial charge in [-0.25, -0.2) is 0 Å². The van der Waals surface area contributed by atoms with Crippen LogP contribution in [0.3, 0.4) is 0 Å². The van der Waals surface area contributed by atoms with Crippen LogP contribution in [0.25, 0.3) is 0 Å². The third-order valence-corrected chi connectivity index (χ3v) is 2.16. The van der Waals surface area contributed by atoms with Gasteiger partial charge in [0.15, 0.2) is 0 Å². The average molecular weight is 156 g/mol. The third kappa shape index (κ3) is 1.84. The zero-order valence-electron chi connectivity index (χ0n) is 5.63. The second-order valence-electron chi connectivity index (χ2n) is 2.16. The van der Waals surface area contributed by atoms with Crippen LogP contribution in [-0.2, 0) is 11.2 Å². The minimum atomic E-state index is -0.762. The van der Waals surface area contributed by atoms with Crippen LogP contribution in [-0.4, -0.2) is 11.1 Å². The molecule has 1 heterocycles. The van der Waals surface area contributed by atoms with Gasteiger partial charge in [-0.3, -0.25) is 4.79 Å². The average Bonchev–Trinajstić information content (AvgIpc) is 2.13. The summed E-state index contributed by atoms with van der Waals surface area (Å²) in [6.07, 6.45) is 0.151. The van der Waals surface area contributed by atoms with Crippen molar-refractivity contribution in [1.29, 1.82) is 0 Å². The number of thiophene rings is 1. The van der Waals surface area contributed by atoms with Crippen LogP contribution in [0.4, 0.5) is 0 Å². The second-order valence-corrected chi connectivity index (χ2v) is 3.16. The van der Waals surface area contributed by atoms with Crippen LogP contribution in [0.2, 0.25) is 0 Å². The Morgan fingerprint density at radius 2 is 2.50 bits per heavy atom. The van der Waals surface area contributed by atoms with E-state index in [1.54, 1.807) is 0 Å². The zero-order chi connectivity index (χ0) is 7.56. The lowest BCUT2D eigenvalue weighted by Gasteiger charge is -1.85. The molecule has 0 aromatic carbocycles. The molecule has 0 spiro atoms. The van der Waals surface area contributed by atoms with E-state index in [2.05, 4.69) is 0 Å². The molecule has 1 aromatic heterocycles. The maximum Gasteiger partial charge on any atom is 0.308 e. The number of carbonyl (C=O) groups is 1. The van der Waals surface area contributed by atoms with Crippen LogP contribution in [0.5, 0.6) is 0 Å². The molecule has 0 unspecified atom stereocenters. The Hall–Kier alpha value is -0.830. The van der Waals surface area contributed by atoms with Crippen molar-refractivity contribution in [3.05, 3.63) is 21.9 Å². The van der Waals surface area contributed by atoms with Gasteiger partial charge in [-0.1, -0.05) is 0 Å². The first-order chi connectivity index (χ1) is 4.68. The van der Waals surface area contributed by atoms with Crippen LogP contribution < -0.4 is 0 Å². The number of aliphatic carboxylic acids is 1. The molecule has 1 N–H and O–H groups in total. The normalized spacial score (nSPS) is 9.70. The van der Waals surface area contributed by atoms with E-state index in [-0.39, 0.29) is 6.42 Å². The highest BCUT2D eigenvalue weighted by atomic mass is 32.1. The highest BCUT2D eigenvalue weighted by molar-refractivity contribution is 7.10. The summed E-state index contributed by atoms with van der Waals surface area (Å²) in [6.45, 7) is 1.96. The fourth-order valence-corrected chi connectivity index (χ4v) is 1.60. The topological polar surface area (TPSA) is 37.3 Å². The molecule has 54 valence electrons. The Labute approximate surface area is 63.1 Å². The largest absolute Gasteiger partial charge is 0.481 e. The van der Waals surface area contributed by atoms with Crippen molar-refractivity contribution in [3.63, 3.8) is 0 Å². The molecule has 0 aliphatic rings. The summed E-state index contributed by atoms with van der Waals surface area (Å²) in [5, 5.41) is 10.3. The van der Waals surface area contributed by atoms with Gasteiger partial charge in [0, 0.05) is 4.88 Å².